The number of para-hydroxylation sites is 1. The third kappa shape index (κ3) is 6.38. The van der Waals surface area contributed by atoms with E-state index in [9.17, 15) is 24.3 Å². The lowest BCUT2D eigenvalue weighted by Crippen LogP contribution is -2.75. The van der Waals surface area contributed by atoms with Crippen molar-refractivity contribution in [3.8, 4) is 5.75 Å². The first-order valence-corrected chi connectivity index (χ1v) is 15.6. The molecule has 0 spiro atoms. The molecule has 3 amide bonds. The number of carbonyl (C=O) groups is 4. The number of aryl methyl sites for hydroxylation is 1. The first-order valence-electron chi connectivity index (χ1n) is 15.6. The van der Waals surface area contributed by atoms with E-state index in [1.54, 1.807) is 62.3 Å². The van der Waals surface area contributed by atoms with Gasteiger partial charge in [-0.2, -0.15) is 0 Å². The smallest absolute Gasteiger partial charge is 0.246 e. The number of nitrogens with two attached hydrogens (primary N) is 1. The summed E-state index contributed by atoms with van der Waals surface area (Å²) in [6.45, 7) is 4.08. The number of phenols is 1. The van der Waals surface area contributed by atoms with Crippen LogP contribution in [0.3, 0.4) is 0 Å². The molecular formula is C35H37N7O5. The Balaban J connectivity index is 1.37. The second-order valence-electron chi connectivity index (χ2n) is 11.7. The van der Waals surface area contributed by atoms with E-state index < -0.39 is 12.2 Å². The summed E-state index contributed by atoms with van der Waals surface area (Å²) in [7, 11) is 0. The molecule has 0 radical (unpaired) electrons. The van der Waals surface area contributed by atoms with Gasteiger partial charge in [0.2, 0.25) is 23.6 Å². The van der Waals surface area contributed by atoms with E-state index in [1.807, 2.05) is 36.4 Å². The maximum atomic E-state index is 14.3. The van der Waals surface area contributed by atoms with Crippen LogP contribution in [0, 0.1) is 0 Å². The molecule has 2 atom stereocenters. The summed E-state index contributed by atoms with van der Waals surface area (Å²) in [6, 6.07) is 20.8. The van der Waals surface area contributed by atoms with Crippen molar-refractivity contribution in [2.75, 3.05) is 26.2 Å². The highest BCUT2D eigenvalue weighted by atomic mass is 16.3. The number of fused-ring (bicyclic) bond motifs is 2. The highest BCUT2D eigenvalue weighted by Crippen LogP contribution is 2.31. The van der Waals surface area contributed by atoms with Gasteiger partial charge >= 0.3 is 0 Å². The van der Waals surface area contributed by atoms with Crippen molar-refractivity contribution in [2.45, 2.75) is 38.0 Å². The van der Waals surface area contributed by atoms with Crippen LogP contribution in [0.15, 0.2) is 91.8 Å². The Labute approximate surface area is 272 Å². The lowest BCUT2D eigenvalue weighted by molar-refractivity contribution is -0.205. The van der Waals surface area contributed by atoms with Crippen LogP contribution in [0.25, 0.3) is 11.0 Å². The van der Waals surface area contributed by atoms with Crippen LogP contribution < -0.4 is 5.73 Å². The van der Waals surface area contributed by atoms with Crippen LogP contribution in [-0.4, -0.2) is 96.5 Å². The monoisotopic (exact) mass is 635 g/mol. The van der Waals surface area contributed by atoms with Gasteiger partial charge in [0, 0.05) is 25.9 Å². The van der Waals surface area contributed by atoms with Crippen molar-refractivity contribution < 1.29 is 24.3 Å². The van der Waals surface area contributed by atoms with Gasteiger partial charge in [0.15, 0.2) is 0 Å². The van der Waals surface area contributed by atoms with Crippen molar-refractivity contribution in [1.82, 2.24) is 29.4 Å². The number of rotatable bonds is 10. The molecule has 2 saturated heterocycles. The lowest BCUT2D eigenvalue weighted by atomic mass is 9.98. The second kappa shape index (κ2) is 13.6. The van der Waals surface area contributed by atoms with E-state index >= 15 is 0 Å². The number of hydrogen-bond donors (Lipinski definition) is 2. The molecule has 12 nitrogen and oxygen atoms in total. The SMILES string of the molecule is C=CCN1CC(=O)N2[C@@H](Cc3ccc(O)cc3)C(=O)N(Cc3cccc4c3ncn4C(=O)CN)C[C@@H]2N1C(=O)CCc1ccccc1. The van der Waals surface area contributed by atoms with Crippen LogP contribution >= 0.6 is 0 Å². The maximum Gasteiger partial charge on any atom is 0.246 e. The topological polar surface area (TPSA) is 145 Å². The van der Waals surface area contributed by atoms with E-state index in [0.717, 1.165) is 11.1 Å². The maximum absolute atomic E-state index is 14.3. The van der Waals surface area contributed by atoms with Gasteiger partial charge in [0.25, 0.3) is 0 Å². The van der Waals surface area contributed by atoms with Crippen molar-refractivity contribution >= 4 is 34.7 Å². The predicted molar refractivity (Wildman–Crippen MR) is 174 cm³/mol. The van der Waals surface area contributed by atoms with Gasteiger partial charge in [-0.05, 0) is 41.3 Å². The normalized spacial score (nSPS) is 18.4. The zero-order chi connectivity index (χ0) is 33.1. The van der Waals surface area contributed by atoms with Gasteiger partial charge in [-0.1, -0.05) is 60.7 Å². The Morgan fingerprint density at radius 2 is 1.74 bits per heavy atom. The minimum absolute atomic E-state index is 0.0696. The third-order valence-corrected chi connectivity index (χ3v) is 8.73. The fourth-order valence-electron chi connectivity index (χ4n) is 6.50. The van der Waals surface area contributed by atoms with Crippen molar-refractivity contribution in [2.24, 2.45) is 5.73 Å². The second-order valence-corrected chi connectivity index (χ2v) is 11.7. The number of phenolic OH excluding ortho intramolecular Hbond substituents is 1. The fraction of sp³-hybridized carbons (Fsp3) is 0.286. The number of hydrazine groups is 1. The number of aromatic hydroxyl groups is 1. The summed E-state index contributed by atoms with van der Waals surface area (Å²) in [6.07, 6.45) is 3.23. The summed E-state index contributed by atoms with van der Waals surface area (Å²) in [5.41, 5.74) is 9.23. The standard InChI is InChI=1S/C35H37N7O5/c1-2-17-39-22-33(46)41-29(18-25-11-14-27(43)15-12-25)35(47)38(20-26-9-6-10-28-34(26)37-23-40(28)32(45)19-36)21-30(41)42(39)31(44)16-13-24-7-4-3-5-8-24/h2-12,14-15,23,29-30,43H,1,13,16-22,36H2/t29-,30-/m0/s1. The summed E-state index contributed by atoms with van der Waals surface area (Å²) >= 11 is 0. The number of amides is 3. The Morgan fingerprint density at radius 3 is 2.47 bits per heavy atom. The fourth-order valence-corrected chi connectivity index (χ4v) is 6.50. The Bertz CT molecular complexity index is 1810. The quantitative estimate of drug-likeness (QED) is 0.253. The van der Waals surface area contributed by atoms with Crippen LogP contribution in [-0.2, 0) is 33.8 Å². The molecule has 12 heteroatoms. The lowest BCUT2D eigenvalue weighted by Gasteiger charge is -2.55. The minimum atomic E-state index is -0.906. The van der Waals surface area contributed by atoms with Crippen molar-refractivity contribution in [1.29, 1.82) is 0 Å². The number of carbonyl (C=O) groups excluding carboxylic acids is 4. The molecule has 3 N–H and O–H groups in total. The van der Waals surface area contributed by atoms with Gasteiger partial charge in [0.1, 0.15) is 24.3 Å². The molecular weight excluding hydrogens is 598 g/mol. The minimum Gasteiger partial charge on any atom is -0.508 e. The average molecular weight is 636 g/mol. The van der Waals surface area contributed by atoms with E-state index in [4.69, 9.17) is 5.73 Å². The van der Waals surface area contributed by atoms with Gasteiger partial charge in [-0.3, -0.25) is 23.7 Å². The van der Waals surface area contributed by atoms with Gasteiger partial charge in [-0.15, -0.1) is 6.58 Å². The molecule has 3 aromatic carbocycles. The van der Waals surface area contributed by atoms with Gasteiger partial charge in [0.05, 0.1) is 30.7 Å². The number of imidazole rings is 1. The van der Waals surface area contributed by atoms with Crippen molar-refractivity contribution in [3.05, 3.63) is 108 Å². The number of hydrogen-bond acceptors (Lipinski definition) is 8. The summed E-state index contributed by atoms with van der Waals surface area (Å²) in [5, 5.41) is 13.2. The molecule has 0 saturated carbocycles. The van der Waals surface area contributed by atoms with E-state index in [0.29, 0.717) is 23.0 Å². The Morgan fingerprint density at radius 1 is 0.979 bits per heavy atom. The molecule has 2 aliphatic rings. The number of benzene rings is 3. The molecule has 47 heavy (non-hydrogen) atoms. The Hall–Kier alpha value is -5.33. The molecule has 0 unspecified atom stereocenters. The molecule has 3 heterocycles. The van der Waals surface area contributed by atoms with Crippen molar-refractivity contribution in [3.63, 3.8) is 0 Å². The zero-order valence-electron chi connectivity index (χ0n) is 25.9. The highest BCUT2D eigenvalue weighted by Gasteiger charge is 2.51. The summed E-state index contributed by atoms with van der Waals surface area (Å²) in [4.78, 5) is 62.4. The highest BCUT2D eigenvalue weighted by molar-refractivity contribution is 5.94. The summed E-state index contributed by atoms with van der Waals surface area (Å²) < 4.78 is 1.40. The molecule has 2 fully saturated rings. The Kier molecular flexibility index (Phi) is 9.14. The van der Waals surface area contributed by atoms with Crippen LogP contribution in [0.5, 0.6) is 5.75 Å². The molecule has 2 aliphatic heterocycles. The zero-order valence-corrected chi connectivity index (χ0v) is 25.9. The van der Waals surface area contributed by atoms with E-state index in [2.05, 4.69) is 11.6 Å². The predicted octanol–water partition coefficient (Wildman–Crippen LogP) is 2.33. The van der Waals surface area contributed by atoms with Gasteiger partial charge < -0.3 is 20.6 Å². The first-order chi connectivity index (χ1) is 22.8. The number of aromatic nitrogens is 2. The molecule has 1 aromatic heterocycles. The third-order valence-electron chi connectivity index (χ3n) is 8.73. The number of piperazine rings is 1. The van der Waals surface area contributed by atoms with Gasteiger partial charge in [-0.25, -0.2) is 15.0 Å². The number of nitrogens with zero attached hydrogens (tertiary/aromatic N) is 6. The molecule has 242 valence electrons. The van der Waals surface area contributed by atoms with Crippen LogP contribution in [0.4, 0.5) is 0 Å². The van der Waals surface area contributed by atoms with E-state index in [1.165, 1.54) is 10.9 Å². The average Bonchev–Trinajstić information content (AvgIpc) is 3.52. The van der Waals surface area contributed by atoms with Crippen LogP contribution in [0.2, 0.25) is 0 Å². The largest absolute Gasteiger partial charge is 0.508 e. The molecule has 4 aromatic rings. The first kappa shape index (κ1) is 31.6. The molecule has 0 aliphatic carbocycles. The van der Waals surface area contributed by atoms with Crippen LogP contribution in [0.1, 0.15) is 27.9 Å². The molecule has 6 rings (SSSR count). The molecule has 0 bridgehead atoms. The summed E-state index contributed by atoms with van der Waals surface area (Å²) in [5.74, 6) is -0.922. The van der Waals surface area contributed by atoms with E-state index in [-0.39, 0.29) is 74.9 Å².